The zero-order valence-electron chi connectivity index (χ0n) is 14.8. The number of halogens is 2. The standard InChI is InChI=1S/C19H26ClFN2O2/c1-19(2,15-8-7-14(21)10-16(15)20)12-23-18(25)11-22-17(24)9-13-5-3-4-6-13/h7-8,10,13H,3-6,9,11-12H2,1-2H3,(H,22,24)(H,23,25). The average Bonchev–Trinajstić information content (AvgIpc) is 3.03. The van der Waals surface area contributed by atoms with E-state index in [1.807, 2.05) is 13.8 Å². The topological polar surface area (TPSA) is 58.2 Å². The van der Waals surface area contributed by atoms with Crippen LogP contribution in [0.1, 0.15) is 51.5 Å². The highest BCUT2D eigenvalue weighted by molar-refractivity contribution is 6.31. The molecule has 0 spiro atoms. The van der Waals surface area contributed by atoms with E-state index < -0.39 is 11.2 Å². The van der Waals surface area contributed by atoms with Crippen molar-refractivity contribution < 1.29 is 14.0 Å². The van der Waals surface area contributed by atoms with E-state index in [1.54, 1.807) is 6.07 Å². The first-order valence-corrected chi connectivity index (χ1v) is 9.14. The Morgan fingerprint density at radius 3 is 2.52 bits per heavy atom. The molecule has 1 fully saturated rings. The highest BCUT2D eigenvalue weighted by atomic mass is 35.5. The smallest absolute Gasteiger partial charge is 0.239 e. The first-order valence-electron chi connectivity index (χ1n) is 8.77. The van der Waals surface area contributed by atoms with E-state index in [0.29, 0.717) is 23.9 Å². The number of carbonyl (C=O) groups excluding carboxylic acids is 2. The molecule has 2 amide bonds. The first kappa shape index (κ1) is 19.7. The van der Waals surface area contributed by atoms with Gasteiger partial charge in [0.25, 0.3) is 0 Å². The highest BCUT2D eigenvalue weighted by Gasteiger charge is 2.24. The van der Waals surface area contributed by atoms with Gasteiger partial charge in [0.1, 0.15) is 5.82 Å². The van der Waals surface area contributed by atoms with Crippen molar-refractivity contribution in [2.75, 3.05) is 13.1 Å². The summed E-state index contributed by atoms with van der Waals surface area (Å²) in [6.45, 7) is 4.16. The lowest BCUT2D eigenvalue weighted by molar-refractivity contribution is -0.126. The second-order valence-corrected chi connectivity index (χ2v) is 7.82. The summed E-state index contributed by atoms with van der Waals surface area (Å²) in [4.78, 5) is 23.8. The number of hydrogen-bond acceptors (Lipinski definition) is 2. The quantitative estimate of drug-likeness (QED) is 0.773. The molecule has 4 nitrogen and oxygen atoms in total. The number of rotatable bonds is 7. The summed E-state index contributed by atoms with van der Waals surface area (Å²) in [6, 6.07) is 4.25. The van der Waals surface area contributed by atoms with Crippen LogP contribution in [0.5, 0.6) is 0 Å². The van der Waals surface area contributed by atoms with Crippen molar-refractivity contribution in [1.82, 2.24) is 10.6 Å². The molecule has 2 N–H and O–H groups in total. The van der Waals surface area contributed by atoms with Gasteiger partial charge >= 0.3 is 0 Å². The van der Waals surface area contributed by atoms with Crippen LogP contribution in [0.3, 0.4) is 0 Å². The SMILES string of the molecule is CC(C)(CNC(=O)CNC(=O)CC1CCCC1)c1ccc(F)cc1Cl. The fourth-order valence-corrected chi connectivity index (χ4v) is 3.67. The van der Waals surface area contributed by atoms with Crippen LogP contribution in [-0.4, -0.2) is 24.9 Å². The molecule has 0 aliphatic heterocycles. The van der Waals surface area contributed by atoms with Gasteiger partial charge in [-0.05, 0) is 36.5 Å². The van der Waals surface area contributed by atoms with Gasteiger partial charge in [-0.2, -0.15) is 0 Å². The van der Waals surface area contributed by atoms with Crippen LogP contribution >= 0.6 is 11.6 Å². The number of nitrogens with one attached hydrogen (secondary N) is 2. The Kier molecular flexibility index (Phi) is 6.82. The van der Waals surface area contributed by atoms with E-state index in [9.17, 15) is 14.0 Å². The molecule has 0 heterocycles. The third-order valence-electron chi connectivity index (χ3n) is 4.78. The van der Waals surface area contributed by atoms with Crippen molar-refractivity contribution in [1.29, 1.82) is 0 Å². The van der Waals surface area contributed by atoms with Crippen molar-refractivity contribution in [3.63, 3.8) is 0 Å². The van der Waals surface area contributed by atoms with Crippen LogP contribution in [0.15, 0.2) is 18.2 Å². The molecule has 2 rings (SSSR count). The van der Waals surface area contributed by atoms with Crippen LogP contribution < -0.4 is 10.6 Å². The fraction of sp³-hybridized carbons (Fsp3) is 0.579. The molecule has 1 aromatic carbocycles. The zero-order valence-corrected chi connectivity index (χ0v) is 15.6. The maximum atomic E-state index is 13.2. The van der Waals surface area contributed by atoms with Crippen LogP contribution in [0.2, 0.25) is 5.02 Å². The fourth-order valence-electron chi connectivity index (χ4n) is 3.24. The second-order valence-electron chi connectivity index (χ2n) is 7.42. The van der Waals surface area contributed by atoms with Crippen LogP contribution in [0.4, 0.5) is 4.39 Å². The molecule has 0 aromatic heterocycles. The average molecular weight is 369 g/mol. The van der Waals surface area contributed by atoms with Gasteiger partial charge in [0, 0.05) is 23.4 Å². The van der Waals surface area contributed by atoms with E-state index in [4.69, 9.17) is 11.6 Å². The predicted octanol–water partition coefficient (Wildman–Crippen LogP) is 3.57. The number of carbonyl (C=O) groups is 2. The van der Waals surface area contributed by atoms with Gasteiger partial charge in [0.15, 0.2) is 0 Å². The third kappa shape index (κ3) is 5.99. The molecule has 0 bridgehead atoms. The predicted molar refractivity (Wildman–Crippen MR) is 97.0 cm³/mol. The minimum atomic E-state index is -0.450. The molecule has 0 atom stereocenters. The van der Waals surface area contributed by atoms with Gasteiger partial charge in [-0.25, -0.2) is 4.39 Å². The minimum absolute atomic E-state index is 0.0290. The first-order chi connectivity index (χ1) is 11.8. The second kappa shape index (κ2) is 8.65. The zero-order chi connectivity index (χ0) is 18.4. The van der Waals surface area contributed by atoms with Crippen molar-refractivity contribution >= 4 is 23.4 Å². The summed E-state index contributed by atoms with van der Waals surface area (Å²) in [5.41, 5.74) is 0.315. The Morgan fingerprint density at radius 1 is 1.20 bits per heavy atom. The maximum Gasteiger partial charge on any atom is 0.239 e. The van der Waals surface area contributed by atoms with Gasteiger partial charge in [-0.15, -0.1) is 0 Å². The van der Waals surface area contributed by atoms with E-state index >= 15 is 0 Å². The van der Waals surface area contributed by atoms with Crippen LogP contribution in [-0.2, 0) is 15.0 Å². The Labute approximate surface area is 153 Å². The molecule has 0 saturated heterocycles. The minimum Gasteiger partial charge on any atom is -0.354 e. The van der Waals surface area contributed by atoms with Crippen LogP contribution in [0.25, 0.3) is 0 Å². The molecule has 1 aliphatic rings. The Morgan fingerprint density at radius 2 is 1.88 bits per heavy atom. The van der Waals surface area contributed by atoms with Crippen LogP contribution in [0, 0.1) is 11.7 Å². The summed E-state index contributed by atoms with van der Waals surface area (Å²) in [7, 11) is 0. The summed E-state index contributed by atoms with van der Waals surface area (Å²) in [5, 5.41) is 5.82. The molecule has 1 saturated carbocycles. The van der Waals surface area contributed by atoms with Gasteiger partial charge < -0.3 is 10.6 Å². The summed E-state index contributed by atoms with van der Waals surface area (Å²) < 4.78 is 13.2. The van der Waals surface area contributed by atoms with E-state index in [2.05, 4.69) is 10.6 Å². The molecule has 0 unspecified atom stereocenters. The maximum absolute atomic E-state index is 13.2. The molecule has 0 radical (unpaired) electrons. The highest BCUT2D eigenvalue weighted by Crippen LogP contribution is 2.30. The Balaban J connectivity index is 1.77. The van der Waals surface area contributed by atoms with Gasteiger partial charge in [-0.3, -0.25) is 9.59 Å². The summed E-state index contributed by atoms with van der Waals surface area (Å²) in [5.74, 6) is -0.241. The number of hydrogen-bond donors (Lipinski definition) is 2. The lowest BCUT2D eigenvalue weighted by Gasteiger charge is -2.26. The van der Waals surface area contributed by atoms with Gasteiger partial charge in [0.2, 0.25) is 11.8 Å². The largest absolute Gasteiger partial charge is 0.354 e. The molecule has 1 aromatic rings. The van der Waals surface area contributed by atoms with Crippen molar-refractivity contribution in [2.45, 2.75) is 51.4 Å². The molecule has 6 heteroatoms. The number of benzene rings is 1. The van der Waals surface area contributed by atoms with Crippen molar-refractivity contribution in [3.8, 4) is 0 Å². The van der Waals surface area contributed by atoms with E-state index in [1.165, 1.54) is 25.0 Å². The molecule has 25 heavy (non-hydrogen) atoms. The summed E-state index contributed by atoms with van der Waals surface area (Å²) >= 11 is 6.10. The lowest BCUT2D eigenvalue weighted by atomic mass is 9.84. The molecule has 138 valence electrons. The molecular weight excluding hydrogens is 343 g/mol. The monoisotopic (exact) mass is 368 g/mol. The lowest BCUT2D eigenvalue weighted by Crippen LogP contribution is -2.42. The van der Waals surface area contributed by atoms with Crippen molar-refractivity contribution in [3.05, 3.63) is 34.6 Å². The van der Waals surface area contributed by atoms with E-state index in [0.717, 1.165) is 18.4 Å². The Hall–Kier alpha value is -1.62. The summed E-state index contributed by atoms with van der Waals surface area (Å²) in [6.07, 6.45) is 5.10. The van der Waals surface area contributed by atoms with E-state index in [-0.39, 0.29) is 18.4 Å². The van der Waals surface area contributed by atoms with Gasteiger partial charge in [-0.1, -0.05) is 44.4 Å². The Bertz CT molecular complexity index is 628. The van der Waals surface area contributed by atoms with Crippen molar-refractivity contribution in [2.24, 2.45) is 5.92 Å². The third-order valence-corrected chi connectivity index (χ3v) is 5.10. The molecular formula is C19H26ClFN2O2. The molecule has 1 aliphatic carbocycles. The normalized spacial score (nSPS) is 15.2. The number of amides is 2. The van der Waals surface area contributed by atoms with Gasteiger partial charge in [0.05, 0.1) is 6.54 Å².